The van der Waals surface area contributed by atoms with Crippen LogP contribution in [0.5, 0.6) is 0 Å². The highest BCUT2D eigenvalue weighted by Gasteiger charge is 2.71. The number of alkyl halides is 1. The molecule has 4 aliphatic carbocycles. The number of halogens is 1. The van der Waals surface area contributed by atoms with Gasteiger partial charge in [0.05, 0.1) is 16.6 Å². The van der Waals surface area contributed by atoms with Gasteiger partial charge in [-0.25, -0.2) is 4.79 Å². The normalized spacial score (nSPS) is 48.7. The number of rotatable bonds is 4. The molecule has 33 heavy (non-hydrogen) atoms. The number of carbonyl (C=O) groups is 3. The van der Waals surface area contributed by atoms with Gasteiger partial charge in [-0.15, -0.1) is 11.6 Å². The second-order valence-corrected chi connectivity index (χ2v) is 11.5. The van der Waals surface area contributed by atoms with E-state index in [9.17, 15) is 24.6 Å². The van der Waals surface area contributed by atoms with Gasteiger partial charge in [-0.1, -0.05) is 6.92 Å². The maximum Gasteiger partial charge on any atom is 0.331 e. The van der Waals surface area contributed by atoms with Crippen LogP contribution in [0.4, 0.5) is 0 Å². The van der Waals surface area contributed by atoms with Gasteiger partial charge in [-0.3, -0.25) is 4.79 Å². The molecular formula is C25H33ClO7. The number of aliphatic hydroxyl groups is 2. The predicted octanol–water partition coefficient (Wildman–Crippen LogP) is 2.69. The third kappa shape index (κ3) is 3.11. The van der Waals surface area contributed by atoms with Crippen molar-refractivity contribution in [1.82, 2.24) is 0 Å². The molecule has 1 heterocycles. The first-order valence-electron chi connectivity index (χ1n) is 12.2. The fourth-order valence-electron chi connectivity index (χ4n) is 8.64. The lowest BCUT2D eigenvalue weighted by Gasteiger charge is -2.65. The summed E-state index contributed by atoms with van der Waals surface area (Å²) in [6, 6.07) is 0. The van der Waals surface area contributed by atoms with E-state index in [0.717, 1.165) is 31.1 Å². The summed E-state index contributed by atoms with van der Waals surface area (Å²) >= 11 is 5.58. The molecule has 5 aliphatic rings. The number of hydrogen-bond acceptors (Lipinski definition) is 7. The molecule has 0 unspecified atom stereocenters. The first-order valence-corrected chi connectivity index (χ1v) is 12.7. The summed E-state index contributed by atoms with van der Waals surface area (Å²) in [5, 5.41) is 24.0. The van der Waals surface area contributed by atoms with Gasteiger partial charge in [0.25, 0.3) is 0 Å². The number of aldehydes is 1. The molecule has 1 aliphatic heterocycles. The highest BCUT2D eigenvalue weighted by Crippen LogP contribution is 2.70. The van der Waals surface area contributed by atoms with E-state index in [-0.39, 0.29) is 36.0 Å². The van der Waals surface area contributed by atoms with Crippen molar-refractivity contribution in [2.24, 2.45) is 28.6 Å². The summed E-state index contributed by atoms with van der Waals surface area (Å²) < 4.78 is 10.6. The van der Waals surface area contributed by atoms with Crippen molar-refractivity contribution in [1.29, 1.82) is 0 Å². The van der Waals surface area contributed by atoms with Crippen LogP contribution in [-0.2, 0) is 23.9 Å². The van der Waals surface area contributed by atoms with Crippen LogP contribution in [0.1, 0.15) is 64.7 Å². The van der Waals surface area contributed by atoms with Gasteiger partial charge in [0, 0.05) is 17.9 Å². The van der Waals surface area contributed by atoms with Crippen LogP contribution < -0.4 is 0 Å². The topological polar surface area (TPSA) is 110 Å². The van der Waals surface area contributed by atoms with Gasteiger partial charge in [-0.05, 0) is 74.7 Å². The van der Waals surface area contributed by atoms with Crippen LogP contribution in [0.15, 0.2) is 11.6 Å². The Kier molecular flexibility index (Phi) is 5.50. The zero-order valence-electron chi connectivity index (χ0n) is 19.1. The first kappa shape index (κ1) is 23.3. The Balaban J connectivity index is 1.44. The zero-order chi connectivity index (χ0) is 23.6. The van der Waals surface area contributed by atoms with E-state index in [2.05, 4.69) is 6.92 Å². The van der Waals surface area contributed by atoms with Crippen LogP contribution >= 0.6 is 11.6 Å². The van der Waals surface area contributed by atoms with Crippen LogP contribution in [-0.4, -0.2) is 58.2 Å². The minimum Gasteiger partial charge on any atom is -0.461 e. The largest absolute Gasteiger partial charge is 0.461 e. The summed E-state index contributed by atoms with van der Waals surface area (Å²) in [6.07, 6.45) is 7.07. The maximum absolute atomic E-state index is 12.7. The van der Waals surface area contributed by atoms with Crippen molar-refractivity contribution in [3.05, 3.63) is 11.6 Å². The fraction of sp³-hybridized carbons (Fsp3) is 0.800. The SMILES string of the molecule is C[C@]12CC[C@H]3[C@@H](CC[C@]4(O)C[C@@H](OC(=O)CCl)CC[C@]34C=O)[C@@]1(O)CC[C@@H]2C1=CC(=O)OC1. The summed E-state index contributed by atoms with van der Waals surface area (Å²) in [4.78, 5) is 36.1. The molecule has 0 aromatic rings. The second kappa shape index (κ2) is 7.79. The lowest BCUT2D eigenvalue weighted by molar-refractivity contribution is -0.249. The van der Waals surface area contributed by atoms with Crippen LogP contribution in [0.25, 0.3) is 0 Å². The van der Waals surface area contributed by atoms with Gasteiger partial charge in [0.15, 0.2) is 0 Å². The van der Waals surface area contributed by atoms with Crippen molar-refractivity contribution in [3.8, 4) is 0 Å². The Morgan fingerprint density at radius 2 is 1.94 bits per heavy atom. The van der Waals surface area contributed by atoms with Crippen molar-refractivity contribution >= 4 is 29.8 Å². The molecule has 0 amide bonds. The molecule has 0 aromatic heterocycles. The van der Waals surface area contributed by atoms with Gasteiger partial charge in [0.1, 0.15) is 24.9 Å². The van der Waals surface area contributed by atoms with E-state index in [4.69, 9.17) is 21.1 Å². The molecule has 8 heteroatoms. The lowest BCUT2D eigenvalue weighted by atomic mass is 9.41. The highest BCUT2D eigenvalue weighted by molar-refractivity contribution is 6.26. The van der Waals surface area contributed by atoms with Crippen molar-refractivity contribution in [3.63, 3.8) is 0 Å². The molecule has 7 nitrogen and oxygen atoms in total. The number of ether oxygens (including phenoxy) is 2. The Bertz CT molecular complexity index is 903. The second-order valence-electron chi connectivity index (χ2n) is 11.2. The lowest BCUT2D eigenvalue weighted by Crippen LogP contribution is -2.69. The zero-order valence-corrected chi connectivity index (χ0v) is 19.8. The summed E-state index contributed by atoms with van der Waals surface area (Å²) in [6.45, 7) is 2.42. The molecule has 0 bridgehead atoms. The van der Waals surface area contributed by atoms with Gasteiger partial charge < -0.3 is 24.5 Å². The Morgan fingerprint density at radius 1 is 1.18 bits per heavy atom. The van der Waals surface area contributed by atoms with E-state index in [0.29, 0.717) is 38.7 Å². The third-order valence-electron chi connectivity index (χ3n) is 10.2. The molecular weight excluding hydrogens is 448 g/mol. The Hall–Kier alpha value is -1.44. The summed E-state index contributed by atoms with van der Waals surface area (Å²) in [5.74, 6) is -1.22. The van der Waals surface area contributed by atoms with Crippen LogP contribution in [0.2, 0.25) is 0 Å². The molecule has 0 saturated heterocycles. The predicted molar refractivity (Wildman–Crippen MR) is 118 cm³/mol. The van der Waals surface area contributed by atoms with Crippen LogP contribution in [0.3, 0.4) is 0 Å². The average molecular weight is 481 g/mol. The molecule has 2 N–H and O–H groups in total. The summed E-state index contributed by atoms with van der Waals surface area (Å²) in [7, 11) is 0. The van der Waals surface area contributed by atoms with Crippen molar-refractivity contribution < 1.29 is 34.1 Å². The molecule has 0 radical (unpaired) electrons. The van der Waals surface area contributed by atoms with E-state index >= 15 is 0 Å². The van der Waals surface area contributed by atoms with Gasteiger partial charge in [0.2, 0.25) is 0 Å². The first-order chi connectivity index (χ1) is 15.6. The van der Waals surface area contributed by atoms with Crippen molar-refractivity contribution in [2.75, 3.05) is 12.5 Å². The molecule has 5 rings (SSSR count). The molecule has 4 fully saturated rings. The standard InChI is InChI=1S/C25H33ClO7/c1-22-6-3-18-19(25(22,31)9-5-17(22)15-10-20(28)32-13-15)4-8-24(30)11-16(33-21(29)12-26)2-7-23(18,24)14-27/h10,14,16-19,30-31H,2-9,11-13H2,1H3/t16-,17+,18-,19+,22+,23-,24-,25-/m0/s1. The molecule has 0 aromatic carbocycles. The third-order valence-corrected chi connectivity index (χ3v) is 10.5. The van der Waals surface area contributed by atoms with Crippen molar-refractivity contribution in [2.45, 2.75) is 82.0 Å². The van der Waals surface area contributed by atoms with Gasteiger partial charge in [-0.2, -0.15) is 0 Å². The van der Waals surface area contributed by atoms with E-state index in [1.165, 1.54) is 0 Å². The van der Waals surface area contributed by atoms with E-state index in [1.54, 1.807) is 6.08 Å². The quantitative estimate of drug-likeness (QED) is 0.361. The number of cyclic esters (lactones) is 1. The smallest absolute Gasteiger partial charge is 0.331 e. The van der Waals surface area contributed by atoms with E-state index in [1.807, 2.05) is 0 Å². The molecule has 8 atom stereocenters. The molecule has 0 spiro atoms. The number of fused-ring (bicyclic) bond motifs is 5. The summed E-state index contributed by atoms with van der Waals surface area (Å²) in [5.41, 5.74) is -2.62. The minimum absolute atomic E-state index is 0.0774. The Morgan fingerprint density at radius 3 is 2.61 bits per heavy atom. The molecule has 4 saturated carbocycles. The highest BCUT2D eigenvalue weighted by atomic mass is 35.5. The minimum atomic E-state index is -1.26. The van der Waals surface area contributed by atoms with Gasteiger partial charge >= 0.3 is 11.9 Å². The monoisotopic (exact) mass is 480 g/mol. The average Bonchev–Trinajstić information content (AvgIpc) is 3.33. The number of hydrogen-bond donors (Lipinski definition) is 2. The van der Waals surface area contributed by atoms with E-state index < -0.39 is 34.1 Å². The fourth-order valence-corrected chi connectivity index (χ4v) is 8.70. The number of carbonyl (C=O) groups excluding carboxylic acids is 3. The molecule has 182 valence electrons. The van der Waals surface area contributed by atoms with Crippen LogP contribution in [0, 0.1) is 28.6 Å². The number of esters is 2. The Labute approximate surface area is 198 Å². The maximum atomic E-state index is 12.7.